The van der Waals surface area contributed by atoms with Crippen LogP contribution in [0, 0.1) is 0 Å². The number of esters is 1. The van der Waals surface area contributed by atoms with Crippen LogP contribution in [0.5, 0.6) is 0 Å². The van der Waals surface area contributed by atoms with Crippen molar-refractivity contribution < 1.29 is 9.53 Å². The highest BCUT2D eigenvalue weighted by molar-refractivity contribution is 9.09. The van der Waals surface area contributed by atoms with Gasteiger partial charge in [0.15, 0.2) is 0 Å². The van der Waals surface area contributed by atoms with Gasteiger partial charge in [-0.3, -0.25) is 0 Å². The van der Waals surface area contributed by atoms with Crippen LogP contribution in [-0.2, 0) is 4.74 Å². The number of alkyl halides is 1. The van der Waals surface area contributed by atoms with Crippen molar-refractivity contribution in [3.63, 3.8) is 0 Å². The number of thiophene rings is 1. The first kappa shape index (κ1) is 10.5. The van der Waals surface area contributed by atoms with E-state index in [0.29, 0.717) is 4.88 Å². The zero-order valence-electron chi connectivity index (χ0n) is 7.12. The summed E-state index contributed by atoms with van der Waals surface area (Å²) < 4.78 is 4.59. The number of allylic oxidation sites excluding steroid dienone is 1. The minimum atomic E-state index is -0.275. The smallest absolute Gasteiger partial charge is 0.348 e. The lowest BCUT2D eigenvalue weighted by atomic mass is 10.4. The number of hydrogen-bond donors (Lipinski definition) is 0. The van der Waals surface area contributed by atoms with Gasteiger partial charge in [-0.1, -0.05) is 22.0 Å². The average molecular weight is 261 g/mol. The quantitative estimate of drug-likeness (QED) is 0.617. The number of methoxy groups -OCH3 is 1. The van der Waals surface area contributed by atoms with Gasteiger partial charge in [-0.25, -0.2) is 4.79 Å². The summed E-state index contributed by atoms with van der Waals surface area (Å²) in [7, 11) is 1.38. The van der Waals surface area contributed by atoms with E-state index in [4.69, 9.17) is 0 Å². The summed E-state index contributed by atoms with van der Waals surface area (Å²) in [6.07, 6.45) is 3.94. The molecule has 0 fully saturated rings. The van der Waals surface area contributed by atoms with Crippen LogP contribution in [-0.4, -0.2) is 18.4 Å². The van der Waals surface area contributed by atoms with Crippen molar-refractivity contribution in [3.8, 4) is 0 Å². The Balaban J connectivity index is 2.74. The van der Waals surface area contributed by atoms with E-state index in [-0.39, 0.29) is 5.97 Å². The maximum atomic E-state index is 11.1. The third-order valence-electron chi connectivity index (χ3n) is 1.38. The molecule has 0 unspecified atom stereocenters. The van der Waals surface area contributed by atoms with Gasteiger partial charge < -0.3 is 4.74 Å². The van der Waals surface area contributed by atoms with Crippen molar-refractivity contribution in [3.05, 3.63) is 28.0 Å². The Bertz CT molecular complexity index is 317. The van der Waals surface area contributed by atoms with Crippen LogP contribution in [0.25, 0.3) is 6.08 Å². The van der Waals surface area contributed by atoms with Gasteiger partial charge in [-0.05, 0) is 18.2 Å². The molecular weight excluding hydrogens is 252 g/mol. The lowest BCUT2D eigenvalue weighted by Gasteiger charge is -1.91. The van der Waals surface area contributed by atoms with Crippen molar-refractivity contribution in [2.24, 2.45) is 0 Å². The molecule has 0 saturated heterocycles. The Kier molecular flexibility index (Phi) is 4.18. The zero-order chi connectivity index (χ0) is 9.68. The molecule has 0 amide bonds. The van der Waals surface area contributed by atoms with Crippen molar-refractivity contribution in [1.82, 2.24) is 0 Å². The highest BCUT2D eigenvalue weighted by Gasteiger charge is 2.06. The molecule has 0 atom stereocenters. The van der Waals surface area contributed by atoms with Crippen molar-refractivity contribution >= 4 is 39.3 Å². The van der Waals surface area contributed by atoms with E-state index in [1.165, 1.54) is 18.4 Å². The fourth-order valence-corrected chi connectivity index (χ4v) is 1.86. The predicted molar refractivity (Wildman–Crippen MR) is 58.5 cm³/mol. The Labute approximate surface area is 89.3 Å². The monoisotopic (exact) mass is 260 g/mol. The minimum absolute atomic E-state index is 0.275. The molecule has 0 aliphatic carbocycles. The molecule has 1 heterocycles. The number of hydrogen-bond acceptors (Lipinski definition) is 3. The second kappa shape index (κ2) is 5.19. The third-order valence-corrected chi connectivity index (χ3v) is 2.79. The van der Waals surface area contributed by atoms with Gasteiger partial charge in [-0.15, -0.1) is 11.3 Å². The molecule has 1 aromatic heterocycles. The number of rotatable bonds is 3. The van der Waals surface area contributed by atoms with Gasteiger partial charge in [-0.2, -0.15) is 0 Å². The topological polar surface area (TPSA) is 26.3 Å². The van der Waals surface area contributed by atoms with E-state index >= 15 is 0 Å². The number of carbonyl (C=O) groups excluding carboxylic acids is 1. The standard InChI is InChI=1S/C9H9BrO2S/c1-12-9(11)8-5-4-7(13-8)3-2-6-10/h2-5H,6H2,1H3/b3-2+. The molecule has 2 nitrogen and oxygen atoms in total. The van der Waals surface area contributed by atoms with Gasteiger partial charge in [0, 0.05) is 10.2 Å². The number of ether oxygens (including phenoxy) is 1. The van der Waals surface area contributed by atoms with Crippen LogP contribution in [0.1, 0.15) is 14.5 Å². The van der Waals surface area contributed by atoms with Crippen molar-refractivity contribution in [1.29, 1.82) is 0 Å². The molecule has 0 bridgehead atoms. The van der Waals surface area contributed by atoms with Crippen molar-refractivity contribution in [2.45, 2.75) is 0 Å². The molecule has 0 saturated carbocycles. The van der Waals surface area contributed by atoms with Gasteiger partial charge in [0.25, 0.3) is 0 Å². The van der Waals surface area contributed by atoms with Gasteiger partial charge in [0.1, 0.15) is 4.88 Å². The van der Waals surface area contributed by atoms with E-state index in [2.05, 4.69) is 20.7 Å². The molecule has 0 aliphatic rings. The van der Waals surface area contributed by atoms with Crippen LogP contribution in [0.4, 0.5) is 0 Å². The molecule has 0 radical (unpaired) electrons. The summed E-state index contributed by atoms with van der Waals surface area (Å²) in [5.41, 5.74) is 0. The first-order valence-corrected chi connectivity index (χ1v) is 5.62. The van der Waals surface area contributed by atoms with Crippen LogP contribution < -0.4 is 0 Å². The fraction of sp³-hybridized carbons (Fsp3) is 0.222. The molecule has 4 heteroatoms. The number of carbonyl (C=O) groups is 1. The fourth-order valence-electron chi connectivity index (χ4n) is 0.813. The maximum Gasteiger partial charge on any atom is 0.348 e. The average Bonchev–Trinajstić information content (AvgIpc) is 2.62. The molecule has 13 heavy (non-hydrogen) atoms. The molecule has 1 rings (SSSR count). The first-order valence-electron chi connectivity index (χ1n) is 3.68. The first-order chi connectivity index (χ1) is 6.27. The minimum Gasteiger partial charge on any atom is -0.465 e. The molecule has 70 valence electrons. The summed E-state index contributed by atoms with van der Waals surface area (Å²) >= 11 is 4.71. The summed E-state index contributed by atoms with van der Waals surface area (Å²) in [5, 5.41) is 0.818. The Morgan fingerprint density at radius 2 is 2.46 bits per heavy atom. The van der Waals surface area contributed by atoms with E-state index in [1.807, 2.05) is 18.2 Å². The molecule has 0 aliphatic heterocycles. The summed E-state index contributed by atoms with van der Waals surface area (Å²) in [5.74, 6) is -0.275. The Morgan fingerprint density at radius 3 is 3.08 bits per heavy atom. The highest BCUT2D eigenvalue weighted by atomic mass is 79.9. The van der Waals surface area contributed by atoms with E-state index < -0.39 is 0 Å². The SMILES string of the molecule is COC(=O)c1ccc(/C=C/CBr)s1. The number of halogens is 1. The van der Waals surface area contributed by atoms with Crippen LogP contribution in [0.3, 0.4) is 0 Å². The van der Waals surface area contributed by atoms with Gasteiger partial charge in [0.05, 0.1) is 7.11 Å². The molecule has 0 N–H and O–H groups in total. The lowest BCUT2D eigenvalue weighted by molar-refractivity contribution is 0.0606. The van der Waals surface area contributed by atoms with Crippen LogP contribution in [0.2, 0.25) is 0 Å². The van der Waals surface area contributed by atoms with E-state index in [9.17, 15) is 4.79 Å². The highest BCUT2D eigenvalue weighted by Crippen LogP contribution is 2.18. The summed E-state index contributed by atoms with van der Waals surface area (Å²) in [6.45, 7) is 0. The Hall–Kier alpha value is -0.610. The summed E-state index contributed by atoms with van der Waals surface area (Å²) in [4.78, 5) is 12.7. The largest absolute Gasteiger partial charge is 0.465 e. The van der Waals surface area contributed by atoms with Crippen molar-refractivity contribution in [2.75, 3.05) is 12.4 Å². The summed E-state index contributed by atoms with van der Waals surface area (Å²) in [6, 6.07) is 3.67. The molecule has 0 spiro atoms. The van der Waals surface area contributed by atoms with Crippen LogP contribution in [0.15, 0.2) is 18.2 Å². The lowest BCUT2D eigenvalue weighted by Crippen LogP contribution is -1.96. The molecular formula is C9H9BrO2S. The zero-order valence-corrected chi connectivity index (χ0v) is 9.52. The molecule has 1 aromatic rings. The predicted octanol–water partition coefficient (Wildman–Crippen LogP) is 2.94. The van der Waals surface area contributed by atoms with Gasteiger partial charge >= 0.3 is 5.97 Å². The normalized spacial score (nSPS) is 10.6. The van der Waals surface area contributed by atoms with E-state index in [0.717, 1.165) is 10.2 Å². The molecule has 0 aromatic carbocycles. The van der Waals surface area contributed by atoms with E-state index in [1.54, 1.807) is 6.07 Å². The van der Waals surface area contributed by atoms with Gasteiger partial charge in [0.2, 0.25) is 0 Å². The Morgan fingerprint density at radius 1 is 1.69 bits per heavy atom. The second-order valence-electron chi connectivity index (χ2n) is 2.25. The second-order valence-corrected chi connectivity index (χ2v) is 4.01. The van der Waals surface area contributed by atoms with Crippen LogP contribution >= 0.6 is 27.3 Å². The maximum absolute atomic E-state index is 11.1. The third kappa shape index (κ3) is 2.97.